The van der Waals surface area contributed by atoms with Crippen LogP contribution in [0.15, 0.2) is 41.6 Å². The second kappa shape index (κ2) is 9.67. The second-order valence-electron chi connectivity index (χ2n) is 7.05. The monoisotopic (exact) mass is 428 g/mol. The van der Waals surface area contributed by atoms with E-state index < -0.39 is 0 Å². The van der Waals surface area contributed by atoms with Gasteiger partial charge in [0.25, 0.3) is 5.24 Å². The zero-order chi connectivity index (χ0) is 21.7. The first-order valence-electron chi connectivity index (χ1n) is 9.54. The summed E-state index contributed by atoms with van der Waals surface area (Å²) in [5.74, 6) is 0.744. The number of hydrogen-bond donors (Lipinski definition) is 2. The van der Waals surface area contributed by atoms with E-state index in [9.17, 15) is 14.7 Å². The van der Waals surface area contributed by atoms with Crippen molar-refractivity contribution in [3.8, 4) is 11.5 Å². The topological polar surface area (TPSA) is 97.2 Å². The van der Waals surface area contributed by atoms with Gasteiger partial charge in [0.15, 0.2) is 6.61 Å². The Morgan fingerprint density at radius 1 is 1.13 bits per heavy atom. The number of aryl methyl sites for hydroxylation is 2. The summed E-state index contributed by atoms with van der Waals surface area (Å²) >= 11 is 1.02. The van der Waals surface area contributed by atoms with Gasteiger partial charge in [-0.2, -0.15) is 0 Å². The molecule has 2 amide bonds. The fraction of sp³-hybridized carbons (Fsp3) is 0.318. The standard InChI is InChI=1S/C22H24N2O5S/c1-13-10-17(11-14(2)20(13)25)15(3)24-29-9-8-28-18-6-4-16(5-7-18)12-19-21(26)23-22(27)30-19/h4-7,10-11,19,25H,8-9,12H2,1-3H3,(H,23,26,27). The maximum atomic E-state index is 11.6. The maximum absolute atomic E-state index is 11.6. The molecule has 1 heterocycles. The van der Waals surface area contributed by atoms with Gasteiger partial charge in [0.05, 0.1) is 11.0 Å². The third kappa shape index (κ3) is 5.54. The molecule has 7 nitrogen and oxygen atoms in total. The SMILES string of the molecule is CC(=NOCCOc1ccc(CC2SC(=O)NC2=O)cc1)c1cc(C)c(O)c(C)c1. The molecule has 1 atom stereocenters. The molecule has 0 spiro atoms. The van der Waals surface area contributed by atoms with Crippen molar-refractivity contribution in [3.05, 3.63) is 58.7 Å². The first-order chi connectivity index (χ1) is 14.3. The summed E-state index contributed by atoms with van der Waals surface area (Å²) in [6.07, 6.45) is 0.496. The Hall–Kier alpha value is -3.00. The third-order valence-electron chi connectivity index (χ3n) is 4.67. The predicted molar refractivity (Wildman–Crippen MR) is 116 cm³/mol. The number of phenolic OH excluding ortho intramolecular Hbond substituents is 1. The number of aromatic hydroxyl groups is 1. The molecule has 2 aromatic carbocycles. The van der Waals surface area contributed by atoms with Gasteiger partial charge in [-0.3, -0.25) is 14.9 Å². The van der Waals surface area contributed by atoms with Gasteiger partial charge in [0.2, 0.25) is 5.91 Å². The van der Waals surface area contributed by atoms with E-state index in [0.29, 0.717) is 24.5 Å². The van der Waals surface area contributed by atoms with Crippen molar-refractivity contribution in [2.24, 2.45) is 5.16 Å². The molecule has 0 aliphatic carbocycles. The lowest BCUT2D eigenvalue weighted by molar-refractivity contribution is -0.118. The van der Waals surface area contributed by atoms with Crippen LogP contribution in [0.3, 0.4) is 0 Å². The van der Waals surface area contributed by atoms with Gasteiger partial charge in [-0.1, -0.05) is 29.1 Å². The maximum Gasteiger partial charge on any atom is 0.286 e. The van der Waals surface area contributed by atoms with Crippen molar-refractivity contribution in [1.82, 2.24) is 5.32 Å². The summed E-state index contributed by atoms with van der Waals surface area (Å²) in [6.45, 7) is 6.16. The normalized spacial score (nSPS) is 16.5. The van der Waals surface area contributed by atoms with Crippen LogP contribution in [0.5, 0.6) is 11.5 Å². The quantitative estimate of drug-likeness (QED) is 0.378. The van der Waals surface area contributed by atoms with Gasteiger partial charge in [0.1, 0.15) is 18.1 Å². The molecular formula is C22H24N2O5S. The Labute approximate surface area is 179 Å². The van der Waals surface area contributed by atoms with E-state index in [1.54, 1.807) is 0 Å². The number of oxime groups is 1. The van der Waals surface area contributed by atoms with Crippen molar-refractivity contribution in [2.45, 2.75) is 32.4 Å². The molecule has 1 aliphatic rings. The van der Waals surface area contributed by atoms with Gasteiger partial charge in [-0.05, 0) is 73.7 Å². The first-order valence-corrected chi connectivity index (χ1v) is 10.4. The number of imide groups is 1. The number of rotatable bonds is 8. The third-order valence-corrected chi connectivity index (χ3v) is 5.65. The van der Waals surface area contributed by atoms with Crippen molar-refractivity contribution >= 4 is 28.6 Å². The van der Waals surface area contributed by atoms with E-state index in [1.807, 2.05) is 57.2 Å². The number of carbonyl (C=O) groups excluding carboxylic acids is 2. The minimum Gasteiger partial charge on any atom is -0.507 e. The molecular weight excluding hydrogens is 404 g/mol. The van der Waals surface area contributed by atoms with Crippen molar-refractivity contribution in [3.63, 3.8) is 0 Å². The van der Waals surface area contributed by atoms with E-state index in [1.165, 1.54) is 0 Å². The number of hydrogen-bond acceptors (Lipinski definition) is 7. The molecule has 2 N–H and O–H groups in total. The summed E-state index contributed by atoms with van der Waals surface area (Å²) < 4.78 is 5.64. The summed E-state index contributed by atoms with van der Waals surface area (Å²) in [5, 5.41) is 15.6. The van der Waals surface area contributed by atoms with Gasteiger partial charge in [-0.15, -0.1) is 0 Å². The van der Waals surface area contributed by atoms with Crippen LogP contribution in [0.1, 0.15) is 29.2 Å². The van der Waals surface area contributed by atoms with Gasteiger partial charge < -0.3 is 14.7 Å². The van der Waals surface area contributed by atoms with E-state index in [4.69, 9.17) is 9.57 Å². The second-order valence-corrected chi connectivity index (χ2v) is 8.22. The molecule has 30 heavy (non-hydrogen) atoms. The van der Waals surface area contributed by atoms with Crippen LogP contribution in [-0.2, 0) is 16.1 Å². The molecule has 1 saturated heterocycles. The molecule has 0 bridgehead atoms. The number of phenols is 1. The van der Waals surface area contributed by atoms with Crippen LogP contribution in [-0.4, -0.2) is 40.4 Å². The van der Waals surface area contributed by atoms with Gasteiger partial charge >= 0.3 is 0 Å². The number of thioether (sulfide) groups is 1. The lowest BCUT2D eigenvalue weighted by Crippen LogP contribution is -2.25. The van der Waals surface area contributed by atoms with Gasteiger partial charge in [0, 0.05) is 0 Å². The minimum absolute atomic E-state index is 0.240. The summed E-state index contributed by atoms with van der Waals surface area (Å²) in [6, 6.07) is 11.1. The Kier molecular flexibility index (Phi) is 6.99. The lowest BCUT2D eigenvalue weighted by Gasteiger charge is -2.09. The van der Waals surface area contributed by atoms with E-state index >= 15 is 0 Å². The zero-order valence-corrected chi connectivity index (χ0v) is 17.9. The number of nitrogens with zero attached hydrogens (tertiary/aromatic N) is 1. The van der Waals surface area contributed by atoms with Crippen LogP contribution in [0, 0.1) is 13.8 Å². The molecule has 0 radical (unpaired) electrons. The number of carbonyl (C=O) groups is 2. The summed E-state index contributed by atoms with van der Waals surface area (Å²) in [5.41, 5.74) is 4.17. The van der Waals surface area contributed by atoms with E-state index in [2.05, 4.69) is 10.5 Å². The minimum atomic E-state index is -0.375. The Bertz CT molecular complexity index is 949. The molecule has 8 heteroatoms. The van der Waals surface area contributed by atoms with Crippen molar-refractivity contribution in [1.29, 1.82) is 0 Å². The number of nitrogens with one attached hydrogen (secondary N) is 1. The number of amides is 2. The zero-order valence-electron chi connectivity index (χ0n) is 17.1. The highest BCUT2D eigenvalue weighted by molar-refractivity contribution is 8.15. The molecule has 2 aromatic rings. The molecule has 158 valence electrons. The highest BCUT2D eigenvalue weighted by Gasteiger charge is 2.31. The molecule has 1 fully saturated rings. The largest absolute Gasteiger partial charge is 0.507 e. The molecule has 3 rings (SSSR count). The van der Waals surface area contributed by atoms with Crippen LogP contribution >= 0.6 is 11.8 Å². The van der Waals surface area contributed by atoms with E-state index in [0.717, 1.165) is 39.7 Å². The first kappa shape index (κ1) is 21.7. The fourth-order valence-corrected chi connectivity index (χ4v) is 3.88. The molecule has 1 unspecified atom stereocenters. The summed E-state index contributed by atoms with van der Waals surface area (Å²) in [4.78, 5) is 28.2. The smallest absolute Gasteiger partial charge is 0.286 e. The average molecular weight is 429 g/mol. The van der Waals surface area contributed by atoms with Gasteiger partial charge in [-0.25, -0.2) is 0 Å². The molecule has 1 aliphatic heterocycles. The Balaban J connectivity index is 1.43. The molecule has 0 saturated carbocycles. The lowest BCUT2D eigenvalue weighted by atomic mass is 10.0. The van der Waals surface area contributed by atoms with Crippen LogP contribution in [0.2, 0.25) is 0 Å². The van der Waals surface area contributed by atoms with Crippen LogP contribution in [0.25, 0.3) is 0 Å². The Morgan fingerprint density at radius 3 is 2.40 bits per heavy atom. The number of ether oxygens (including phenoxy) is 1. The van der Waals surface area contributed by atoms with Crippen molar-refractivity contribution < 1.29 is 24.3 Å². The molecule has 0 aromatic heterocycles. The van der Waals surface area contributed by atoms with E-state index in [-0.39, 0.29) is 23.0 Å². The van der Waals surface area contributed by atoms with Crippen LogP contribution < -0.4 is 10.1 Å². The fourth-order valence-electron chi connectivity index (χ4n) is 3.02. The average Bonchev–Trinajstić information content (AvgIpc) is 3.03. The summed E-state index contributed by atoms with van der Waals surface area (Å²) in [7, 11) is 0. The highest BCUT2D eigenvalue weighted by Crippen LogP contribution is 2.24. The van der Waals surface area contributed by atoms with Crippen molar-refractivity contribution in [2.75, 3.05) is 13.2 Å². The number of benzene rings is 2. The highest BCUT2D eigenvalue weighted by atomic mass is 32.2. The predicted octanol–water partition coefficient (Wildman–Crippen LogP) is 3.72. The van der Waals surface area contributed by atoms with Crippen LogP contribution in [0.4, 0.5) is 4.79 Å². The Morgan fingerprint density at radius 2 is 1.80 bits per heavy atom.